The molecule has 0 heterocycles. The van der Waals surface area contributed by atoms with Crippen molar-refractivity contribution in [3.05, 3.63) is 0 Å². The number of nitrogens with one attached hydrogen (secondary N) is 1. The van der Waals surface area contributed by atoms with Crippen LogP contribution in [-0.4, -0.2) is 23.8 Å². The van der Waals surface area contributed by atoms with Crippen molar-refractivity contribution in [2.45, 2.75) is 45.1 Å². The molecule has 15 heavy (non-hydrogen) atoms. The minimum atomic E-state index is -0.913. The van der Waals surface area contributed by atoms with Crippen LogP contribution in [0, 0.1) is 11.8 Å². The maximum atomic E-state index is 10.5. The molecule has 2 unspecified atom stereocenters. The van der Waals surface area contributed by atoms with E-state index in [1.54, 1.807) is 0 Å². The molecule has 1 amide bonds. The fourth-order valence-corrected chi connectivity index (χ4v) is 2.60. The molecule has 0 aromatic carbocycles. The van der Waals surface area contributed by atoms with E-state index in [0.29, 0.717) is 11.8 Å². The SMILES string of the molecule is C[C@H](NC(=O)O)C1CCCC(CCN)C1. The molecular formula is C11H22N2O2. The van der Waals surface area contributed by atoms with Crippen LogP contribution in [0.15, 0.2) is 0 Å². The van der Waals surface area contributed by atoms with Gasteiger partial charge in [0.05, 0.1) is 0 Å². The normalized spacial score (nSPS) is 28.4. The molecule has 4 heteroatoms. The van der Waals surface area contributed by atoms with Crippen LogP contribution in [0.2, 0.25) is 0 Å². The number of carboxylic acid groups (broad SMARTS) is 1. The van der Waals surface area contributed by atoms with E-state index < -0.39 is 6.09 Å². The fourth-order valence-electron chi connectivity index (χ4n) is 2.60. The summed E-state index contributed by atoms with van der Waals surface area (Å²) in [6.07, 6.45) is 4.90. The van der Waals surface area contributed by atoms with Crippen LogP contribution in [-0.2, 0) is 0 Å². The highest BCUT2D eigenvalue weighted by Crippen LogP contribution is 2.32. The molecule has 0 aromatic heterocycles. The first-order valence-corrected chi connectivity index (χ1v) is 5.83. The maximum Gasteiger partial charge on any atom is 0.404 e. The standard InChI is InChI=1S/C11H22N2O2/c1-8(13-11(14)15)10-4-2-3-9(7-10)5-6-12/h8-10,13H,2-7,12H2,1H3,(H,14,15)/t8-,9?,10?/m0/s1. The molecular weight excluding hydrogens is 192 g/mol. The number of nitrogens with two attached hydrogens (primary N) is 1. The predicted molar refractivity (Wildman–Crippen MR) is 59.7 cm³/mol. The zero-order valence-corrected chi connectivity index (χ0v) is 9.41. The second-order valence-corrected chi connectivity index (χ2v) is 4.61. The van der Waals surface area contributed by atoms with Gasteiger partial charge < -0.3 is 16.2 Å². The summed E-state index contributed by atoms with van der Waals surface area (Å²) < 4.78 is 0. The van der Waals surface area contributed by atoms with E-state index in [1.807, 2.05) is 6.92 Å². The van der Waals surface area contributed by atoms with Crippen LogP contribution in [0.1, 0.15) is 39.0 Å². The highest BCUT2D eigenvalue weighted by atomic mass is 16.4. The lowest BCUT2D eigenvalue weighted by Crippen LogP contribution is -2.39. The van der Waals surface area contributed by atoms with Crippen LogP contribution < -0.4 is 11.1 Å². The molecule has 1 fully saturated rings. The lowest BCUT2D eigenvalue weighted by molar-refractivity contribution is 0.172. The number of hydrogen-bond donors (Lipinski definition) is 3. The highest BCUT2D eigenvalue weighted by molar-refractivity contribution is 5.64. The monoisotopic (exact) mass is 214 g/mol. The summed E-state index contributed by atoms with van der Waals surface area (Å²) in [6.45, 7) is 2.71. The Kier molecular flexibility index (Phi) is 4.88. The van der Waals surface area contributed by atoms with E-state index in [9.17, 15) is 4.79 Å². The minimum absolute atomic E-state index is 0.0723. The van der Waals surface area contributed by atoms with Crippen LogP contribution in [0.5, 0.6) is 0 Å². The number of hydrogen-bond acceptors (Lipinski definition) is 2. The van der Waals surface area contributed by atoms with Gasteiger partial charge in [0.15, 0.2) is 0 Å². The molecule has 0 aliphatic heterocycles. The van der Waals surface area contributed by atoms with E-state index in [1.165, 1.54) is 12.8 Å². The van der Waals surface area contributed by atoms with Crippen molar-refractivity contribution in [3.63, 3.8) is 0 Å². The van der Waals surface area contributed by atoms with Crippen molar-refractivity contribution in [1.82, 2.24) is 5.32 Å². The Morgan fingerprint density at radius 2 is 2.33 bits per heavy atom. The summed E-state index contributed by atoms with van der Waals surface area (Å²) in [4.78, 5) is 10.5. The molecule has 88 valence electrons. The van der Waals surface area contributed by atoms with E-state index in [4.69, 9.17) is 10.8 Å². The topological polar surface area (TPSA) is 75.3 Å². The van der Waals surface area contributed by atoms with Gasteiger partial charge in [-0.25, -0.2) is 4.79 Å². The van der Waals surface area contributed by atoms with Gasteiger partial charge in [-0.05, 0) is 44.6 Å². The van der Waals surface area contributed by atoms with Gasteiger partial charge in [-0.3, -0.25) is 0 Å². The Labute approximate surface area is 91.2 Å². The smallest absolute Gasteiger partial charge is 0.404 e. The summed E-state index contributed by atoms with van der Waals surface area (Å²) >= 11 is 0. The Balaban J connectivity index is 2.37. The van der Waals surface area contributed by atoms with Gasteiger partial charge in [0.2, 0.25) is 0 Å². The lowest BCUT2D eigenvalue weighted by atomic mass is 9.77. The minimum Gasteiger partial charge on any atom is -0.465 e. The first kappa shape index (κ1) is 12.3. The Morgan fingerprint density at radius 1 is 1.60 bits per heavy atom. The molecule has 0 radical (unpaired) electrons. The predicted octanol–water partition coefficient (Wildman–Crippen LogP) is 1.80. The molecule has 0 aromatic rings. The molecule has 3 atom stereocenters. The largest absolute Gasteiger partial charge is 0.465 e. The third-order valence-electron chi connectivity index (χ3n) is 3.46. The Bertz CT molecular complexity index is 207. The van der Waals surface area contributed by atoms with Gasteiger partial charge in [-0.2, -0.15) is 0 Å². The molecule has 4 nitrogen and oxygen atoms in total. The van der Waals surface area contributed by atoms with E-state index in [2.05, 4.69) is 5.32 Å². The third kappa shape index (κ3) is 4.08. The van der Waals surface area contributed by atoms with Crippen LogP contribution >= 0.6 is 0 Å². The molecule has 0 saturated heterocycles. The van der Waals surface area contributed by atoms with Crippen molar-refractivity contribution in [2.24, 2.45) is 17.6 Å². The average Bonchev–Trinajstić information content (AvgIpc) is 2.17. The van der Waals surface area contributed by atoms with Gasteiger partial charge in [0.1, 0.15) is 0 Å². The summed E-state index contributed by atoms with van der Waals surface area (Å²) in [6, 6.07) is 0.0723. The van der Waals surface area contributed by atoms with Crippen LogP contribution in [0.4, 0.5) is 4.79 Å². The van der Waals surface area contributed by atoms with Crippen molar-refractivity contribution in [2.75, 3.05) is 6.54 Å². The van der Waals surface area contributed by atoms with Crippen molar-refractivity contribution >= 4 is 6.09 Å². The first-order chi connectivity index (χ1) is 7.13. The number of carbonyl (C=O) groups is 1. The lowest BCUT2D eigenvalue weighted by Gasteiger charge is -2.32. The van der Waals surface area contributed by atoms with Crippen molar-refractivity contribution in [3.8, 4) is 0 Å². The van der Waals surface area contributed by atoms with Crippen molar-refractivity contribution in [1.29, 1.82) is 0 Å². The summed E-state index contributed by atoms with van der Waals surface area (Å²) in [7, 11) is 0. The average molecular weight is 214 g/mol. The quantitative estimate of drug-likeness (QED) is 0.668. The van der Waals surface area contributed by atoms with Crippen LogP contribution in [0.3, 0.4) is 0 Å². The molecule has 1 aliphatic carbocycles. The van der Waals surface area contributed by atoms with Gasteiger partial charge >= 0.3 is 6.09 Å². The van der Waals surface area contributed by atoms with E-state index in [-0.39, 0.29) is 6.04 Å². The van der Waals surface area contributed by atoms with E-state index in [0.717, 1.165) is 25.8 Å². The molecule has 0 bridgehead atoms. The number of amides is 1. The fraction of sp³-hybridized carbons (Fsp3) is 0.909. The second kappa shape index (κ2) is 5.95. The number of rotatable bonds is 4. The van der Waals surface area contributed by atoms with Gasteiger partial charge in [-0.1, -0.05) is 12.8 Å². The Morgan fingerprint density at radius 3 is 2.93 bits per heavy atom. The third-order valence-corrected chi connectivity index (χ3v) is 3.46. The second-order valence-electron chi connectivity index (χ2n) is 4.61. The van der Waals surface area contributed by atoms with Gasteiger partial charge in [0, 0.05) is 6.04 Å². The summed E-state index contributed by atoms with van der Waals surface area (Å²) in [5.41, 5.74) is 5.55. The summed E-state index contributed by atoms with van der Waals surface area (Å²) in [5, 5.41) is 11.2. The molecule has 4 N–H and O–H groups in total. The van der Waals surface area contributed by atoms with Gasteiger partial charge in [0.25, 0.3) is 0 Å². The van der Waals surface area contributed by atoms with Gasteiger partial charge in [-0.15, -0.1) is 0 Å². The van der Waals surface area contributed by atoms with E-state index >= 15 is 0 Å². The zero-order valence-electron chi connectivity index (χ0n) is 9.41. The molecule has 0 spiro atoms. The van der Waals surface area contributed by atoms with Crippen molar-refractivity contribution < 1.29 is 9.90 Å². The summed E-state index contributed by atoms with van der Waals surface area (Å²) in [5.74, 6) is 1.19. The first-order valence-electron chi connectivity index (χ1n) is 5.83. The molecule has 1 saturated carbocycles. The maximum absolute atomic E-state index is 10.5. The zero-order chi connectivity index (χ0) is 11.3. The molecule has 1 rings (SSSR count). The van der Waals surface area contributed by atoms with Crippen LogP contribution in [0.25, 0.3) is 0 Å². The molecule has 1 aliphatic rings. The highest BCUT2D eigenvalue weighted by Gasteiger charge is 2.26. The Hall–Kier alpha value is -0.770.